The summed E-state index contributed by atoms with van der Waals surface area (Å²) < 4.78 is 17.3. The Balaban J connectivity index is 1.66. The molecule has 1 aliphatic carbocycles. The molecule has 3 heteroatoms. The van der Waals surface area contributed by atoms with Gasteiger partial charge in [0, 0.05) is 0 Å². The average Bonchev–Trinajstić information content (AvgIpc) is 3.07. The molecule has 0 saturated heterocycles. The summed E-state index contributed by atoms with van der Waals surface area (Å²) >= 11 is 0. The fraction of sp³-hybridized carbons (Fsp3) is 0.368. The van der Waals surface area contributed by atoms with Gasteiger partial charge in [-0.25, -0.2) is 0 Å². The molecule has 0 radical (unpaired) electrons. The van der Waals surface area contributed by atoms with Gasteiger partial charge in [-0.1, -0.05) is 24.3 Å². The molecule has 0 aromatic heterocycles. The summed E-state index contributed by atoms with van der Waals surface area (Å²) in [7, 11) is 1.67. The summed E-state index contributed by atoms with van der Waals surface area (Å²) in [6.45, 7) is 0.502. The number of hydrogen-bond donors (Lipinski definition) is 0. The van der Waals surface area contributed by atoms with Crippen LogP contribution in [0.15, 0.2) is 48.5 Å². The first kappa shape index (κ1) is 14.8. The number of benzene rings is 2. The van der Waals surface area contributed by atoms with Gasteiger partial charge >= 0.3 is 0 Å². The Kier molecular flexibility index (Phi) is 4.84. The third-order valence-corrected chi connectivity index (χ3v) is 3.97. The normalized spacial score (nSPS) is 14.8. The van der Waals surface area contributed by atoms with E-state index >= 15 is 0 Å². The molecule has 116 valence electrons. The fourth-order valence-corrected chi connectivity index (χ4v) is 2.78. The predicted molar refractivity (Wildman–Crippen MR) is 86.7 cm³/mol. The maximum Gasteiger partial charge on any atom is 0.161 e. The number of para-hydroxylation sites is 2. The quantitative estimate of drug-likeness (QED) is 0.780. The molecule has 0 atom stereocenters. The van der Waals surface area contributed by atoms with Gasteiger partial charge < -0.3 is 14.2 Å². The van der Waals surface area contributed by atoms with Crippen LogP contribution in [0.5, 0.6) is 17.2 Å². The lowest BCUT2D eigenvalue weighted by Crippen LogP contribution is -2.11. The van der Waals surface area contributed by atoms with Crippen molar-refractivity contribution in [3.05, 3.63) is 54.1 Å². The van der Waals surface area contributed by atoms with E-state index in [0.717, 1.165) is 35.7 Å². The van der Waals surface area contributed by atoms with Crippen LogP contribution in [0.25, 0.3) is 0 Å². The maximum absolute atomic E-state index is 6.09. The molecule has 0 aliphatic heterocycles. The van der Waals surface area contributed by atoms with Crippen LogP contribution < -0.4 is 14.2 Å². The Labute approximate surface area is 131 Å². The highest BCUT2D eigenvalue weighted by atomic mass is 16.5. The van der Waals surface area contributed by atoms with E-state index in [9.17, 15) is 0 Å². The smallest absolute Gasteiger partial charge is 0.161 e. The molecule has 1 fully saturated rings. The molecular weight excluding hydrogens is 276 g/mol. The van der Waals surface area contributed by atoms with Crippen molar-refractivity contribution < 1.29 is 14.2 Å². The van der Waals surface area contributed by atoms with Gasteiger partial charge in [-0.15, -0.1) is 0 Å². The molecular formula is C19H22O3. The summed E-state index contributed by atoms with van der Waals surface area (Å²) in [5, 5.41) is 0. The lowest BCUT2D eigenvalue weighted by atomic mass is 10.2. The van der Waals surface area contributed by atoms with Crippen molar-refractivity contribution in [3.63, 3.8) is 0 Å². The van der Waals surface area contributed by atoms with Gasteiger partial charge in [0.05, 0.1) is 13.2 Å². The number of methoxy groups -OCH3 is 1. The van der Waals surface area contributed by atoms with E-state index in [-0.39, 0.29) is 0 Å². The minimum Gasteiger partial charge on any atom is -0.497 e. The fourth-order valence-electron chi connectivity index (χ4n) is 2.78. The lowest BCUT2D eigenvalue weighted by Gasteiger charge is -2.17. The van der Waals surface area contributed by atoms with Gasteiger partial charge in [-0.05, 0) is 55.5 Å². The second-order valence-corrected chi connectivity index (χ2v) is 5.61. The third kappa shape index (κ3) is 3.73. The first-order valence-corrected chi connectivity index (χ1v) is 7.86. The molecule has 3 nitrogen and oxygen atoms in total. The Morgan fingerprint density at radius 2 is 1.73 bits per heavy atom. The van der Waals surface area contributed by atoms with Crippen molar-refractivity contribution in [2.24, 2.45) is 0 Å². The average molecular weight is 298 g/mol. The van der Waals surface area contributed by atoms with Crippen LogP contribution in [0.1, 0.15) is 31.2 Å². The molecule has 2 aromatic carbocycles. The molecule has 0 unspecified atom stereocenters. The van der Waals surface area contributed by atoms with Crippen molar-refractivity contribution in [3.8, 4) is 17.2 Å². The third-order valence-electron chi connectivity index (χ3n) is 3.97. The second-order valence-electron chi connectivity index (χ2n) is 5.61. The van der Waals surface area contributed by atoms with Crippen molar-refractivity contribution in [2.75, 3.05) is 7.11 Å². The SMILES string of the molecule is COc1cccc(COc2ccccc2OC2CCCC2)c1. The zero-order valence-corrected chi connectivity index (χ0v) is 13.0. The molecule has 0 N–H and O–H groups in total. The highest BCUT2D eigenvalue weighted by molar-refractivity contribution is 5.40. The van der Waals surface area contributed by atoms with E-state index in [1.807, 2.05) is 48.5 Å². The largest absolute Gasteiger partial charge is 0.497 e. The van der Waals surface area contributed by atoms with Crippen LogP contribution in [0.3, 0.4) is 0 Å². The van der Waals surface area contributed by atoms with E-state index < -0.39 is 0 Å². The molecule has 2 aromatic rings. The molecule has 1 saturated carbocycles. The van der Waals surface area contributed by atoms with E-state index in [1.165, 1.54) is 12.8 Å². The van der Waals surface area contributed by atoms with Gasteiger partial charge in [-0.2, -0.15) is 0 Å². The van der Waals surface area contributed by atoms with E-state index in [4.69, 9.17) is 14.2 Å². The summed E-state index contributed by atoms with van der Waals surface area (Å²) in [5.41, 5.74) is 1.08. The maximum atomic E-state index is 6.09. The van der Waals surface area contributed by atoms with Crippen LogP contribution in [0.2, 0.25) is 0 Å². The van der Waals surface area contributed by atoms with E-state index in [0.29, 0.717) is 12.7 Å². The molecule has 0 heterocycles. The Hall–Kier alpha value is -2.16. The van der Waals surface area contributed by atoms with Crippen LogP contribution in [-0.2, 0) is 6.61 Å². The first-order valence-electron chi connectivity index (χ1n) is 7.86. The van der Waals surface area contributed by atoms with Crippen molar-refractivity contribution >= 4 is 0 Å². The zero-order valence-electron chi connectivity index (χ0n) is 13.0. The van der Waals surface area contributed by atoms with Gasteiger partial charge in [0.1, 0.15) is 12.4 Å². The minimum atomic E-state index is 0.335. The Morgan fingerprint density at radius 3 is 2.50 bits per heavy atom. The van der Waals surface area contributed by atoms with Crippen molar-refractivity contribution in [2.45, 2.75) is 38.4 Å². The number of ether oxygens (including phenoxy) is 3. The van der Waals surface area contributed by atoms with Gasteiger partial charge in [0.15, 0.2) is 11.5 Å². The highest BCUT2D eigenvalue weighted by Gasteiger charge is 2.18. The number of rotatable bonds is 6. The van der Waals surface area contributed by atoms with Gasteiger partial charge in [0.25, 0.3) is 0 Å². The topological polar surface area (TPSA) is 27.7 Å². The van der Waals surface area contributed by atoms with Crippen molar-refractivity contribution in [1.29, 1.82) is 0 Å². The number of hydrogen-bond acceptors (Lipinski definition) is 3. The molecule has 0 amide bonds. The van der Waals surface area contributed by atoms with Crippen LogP contribution in [0.4, 0.5) is 0 Å². The predicted octanol–water partition coefficient (Wildman–Crippen LogP) is 4.60. The minimum absolute atomic E-state index is 0.335. The highest BCUT2D eigenvalue weighted by Crippen LogP contribution is 2.32. The Morgan fingerprint density at radius 1 is 0.955 bits per heavy atom. The second kappa shape index (κ2) is 7.21. The van der Waals surface area contributed by atoms with E-state index in [2.05, 4.69) is 0 Å². The summed E-state index contributed by atoms with van der Waals surface area (Å²) in [6, 6.07) is 15.8. The summed E-state index contributed by atoms with van der Waals surface area (Å²) in [4.78, 5) is 0. The van der Waals surface area contributed by atoms with Crippen molar-refractivity contribution in [1.82, 2.24) is 0 Å². The van der Waals surface area contributed by atoms with Gasteiger partial charge in [0.2, 0.25) is 0 Å². The molecule has 0 bridgehead atoms. The monoisotopic (exact) mass is 298 g/mol. The first-order chi connectivity index (χ1) is 10.8. The standard InChI is InChI=1S/C19H22O3/c1-20-17-10-6-7-15(13-17)14-21-18-11-4-5-12-19(18)22-16-8-2-3-9-16/h4-7,10-13,16H,2-3,8-9,14H2,1H3. The molecule has 22 heavy (non-hydrogen) atoms. The van der Waals surface area contributed by atoms with Crippen LogP contribution in [-0.4, -0.2) is 13.2 Å². The summed E-state index contributed by atoms with van der Waals surface area (Å²) in [6.07, 6.45) is 5.14. The van der Waals surface area contributed by atoms with Crippen LogP contribution >= 0.6 is 0 Å². The molecule has 0 spiro atoms. The molecule has 1 aliphatic rings. The summed E-state index contributed by atoms with van der Waals surface area (Å²) in [5.74, 6) is 2.49. The zero-order chi connectivity index (χ0) is 15.2. The lowest BCUT2D eigenvalue weighted by molar-refractivity contribution is 0.193. The van der Waals surface area contributed by atoms with Crippen LogP contribution in [0, 0.1) is 0 Å². The Bertz CT molecular complexity index is 603. The molecule has 3 rings (SSSR count). The van der Waals surface area contributed by atoms with E-state index in [1.54, 1.807) is 7.11 Å². The van der Waals surface area contributed by atoms with Gasteiger partial charge in [-0.3, -0.25) is 0 Å².